The molecule has 0 bridgehead atoms. The number of H-pyrrole nitrogens is 2. The zero-order chi connectivity index (χ0) is 14.9. The molecule has 1 unspecified atom stereocenters. The van der Waals surface area contributed by atoms with Crippen molar-refractivity contribution < 1.29 is 9.32 Å². The Morgan fingerprint density at radius 3 is 2.60 bits per heavy atom. The number of aromatic nitrogens is 5. The van der Waals surface area contributed by atoms with Crippen LogP contribution >= 0.6 is 0 Å². The number of aromatic amines is 2. The molecule has 0 aliphatic rings. The summed E-state index contributed by atoms with van der Waals surface area (Å²) in [5.41, 5.74) is -0.783. The zero-order valence-corrected chi connectivity index (χ0v) is 11.6. The molecule has 0 radical (unpaired) electrons. The molecule has 0 saturated heterocycles. The van der Waals surface area contributed by atoms with Crippen LogP contribution in [0.4, 0.5) is 0 Å². The SMILES string of the molecule is CC(NC(=O)c1n[nH]c(=O)[nH]1)c1nc(C(C)(C)C)no1. The molecule has 108 valence electrons. The second-order valence-electron chi connectivity index (χ2n) is 5.43. The fourth-order valence-corrected chi connectivity index (χ4v) is 1.42. The third kappa shape index (κ3) is 2.92. The van der Waals surface area contributed by atoms with Gasteiger partial charge in [-0.3, -0.25) is 9.78 Å². The van der Waals surface area contributed by atoms with Crippen LogP contribution in [-0.4, -0.2) is 31.2 Å². The number of nitrogens with zero attached hydrogens (tertiary/aromatic N) is 3. The van der Waals surface area contributed by atoms with E-state index in [1.165, 1.54) is 0 Å². The molecule has 0 aromatic carbocycles. The van der Waals surface area contributed by atoms with E-state index in [-0.39, 0.29) is 11.2 Å². The van der Waals surface area contributed by atoms with E-state index < -0.39 is 17.6 Å². The van der Waals surface area contributed by atoms with Gasteiger partial charge in [-0.25, -0.2) is 9.89 Å². The van der Waals surface area contributed by atoms with Crippen molar-refractivity contribution >= 4 is 5.91 Å². The Hall–Kier alpha value is -2.45. The highest BCUT2D eigenvalue weighted by Crippen LogP contribution is 2.20. The second kappa shape index (κ2) is 4.91. The summed E-state index contributed by atoms with van der Waals surface area (Å²) in [6.07, 6.45) is 0. The van der Waals surface area contributed by atoms with Crippen LogP contribution in [0.5, 0.6) is 0 Å². The lowest BCUT2D eigenvalue weighted by atomic mass is 9.96. The smallest absolute Gasteiger partial charge is 0.338 e. The van der Waals surface area contributed by atoms with Crippen LogP contribution in [-0.2, 0) is 5.41 Å². The van der Waals surface area contributed by atoms with E-state index in [1.807, 2.05) is 20.8 Å². The molecule has 3 N–H and O–H groups in total. The van der Waals surface area contributed by atoms with Crippen LogP contribution in [0, 0.1) is 0 Å². The van der Waals surface area contributed by atoms with Gasteiger partial charge in [0.25, 0.3) is 5.91 Å². The summed E-state index contributed by atoms with van der Waals surface area (Å²) in [5, 5.41) is 12.1. The molecule has 0 fully saturated rings. The topological polar surface area (TPSA) is 130 Å². The van der Waals surface area contributed by atoms with Crippen LogP contribution in [0.2, 0.25) is 0 Å². The fourth-order valence-electron chi connectivity index (χ4n) is 1.42. The largest absolute Gasteiger partial charge is 0.341 e. The van der Waals surface area contributed by atoms with Gasteiger partial charge in [-0.15, -0.1) is 5.10 Å². The molecule has 0 aliphatic carbocycles. The first kappa shape index (κ1) is 14.0. The molecule has 2 heterocycles. The van der Waals surface area contributed by atoms with Gasteiger partial charge in [-0.05, 0) is 6.92 Å². The molecule has 9 heteroatoms. The van der Waals surface area contributed by atoms with E-state index in [1.54, 1.807) is 6.92 Å². The molecule has 20 heavy (non-hydrogen) atoms. The maximum absolute atomic E-state index is 11.8. The van der Waals surface area contributed by atoms with E-state index in [0.717, 1.165) is 0 Å². The fraction of sp³-hybridized carbons (Fsp3) is 0.545. The standard InChI is InChI=1S/C11H16N6O3/c1-5(8-14-9(17-20-8)11(2,3)4)12-7(18)6-13-10(19)16-15-6/h5H,1-4H3,(H,12,18)(H2,13,15,16,19). The predicted molar refractivity (Wildman–Crippen MR) is 68.1 cm³/mol. The van der Waals surface area contributed by atoms with Crippen LogP contribution < -0.4 is 11.0 Å². The summed E-state index contributed by atoms with van der Waals surface area (Å²) in [7, 11) is 0. The Balaban J connectivity index is 2.08. The van der Waals surface area contributed by atoms with Crippen molar-refractivity contribution in [1.29, 1.82) is 0 Å². The van der Waals surface area contributed by atoms with Gasteiger partial charge in [0.2, 0.25) is 11.7 Å². The van der Waals surface area contributed by atoms with Gasteiger partial charge >= 0.3 is 5.69 Å². The average Bonchev–Trinajstić information content (AvgIpc) is 2.95. The van der Waals surface area contributed by atoms with E-state index in [0.29, 0.717) is 11.7 Å². The minimum atomic E-state index is -0.546. The number of hydrogen-bond donors (Lipinski definition) is 3. The number of carbonyl (C=O) groups is 1. The first-order chi connectivity index (χ1) is 9.27. The minimum Gasteiger partial charge on any atom is -0.338 e. The number of nitrogens with one attached hydrogen (secondary N) is 3. The van der Waals surface area contributed by atoms with Crippen LogP contribution in [0.1, 0.15) is 56.1 Å². The maximum atomic E-state index is 11.8. The Labute approximate surface area is 114 Å². The van der Waals surface area contributed by atoms with Gasteiger partial charge < -0.3 is 9.84 Å². The van der Waals surface area contributed by atoms with Gasteiger partial charge in [0, 0.05) is 5.41 Å². The summed E-state index contributed by atoms with van der Waals surface area (Å²) in [5.74, 6) is 0.215. The van der Waals surface area contributed by atoms with Crippen molar-refractivity contribution in [3.05, 3.63) is 28.0 Å². The highest BCUT2D eigenvalue weighted by Gasteiger charge is 2.24. The Morgan fingerprint density at radius 1 is 1.40 bits per heavy atom. The predicted octanol–water partition coefficient (Wildman–Crippen LogP) is 0.269. The molecule has 2 aromatic rings. The maximum Gasteiger partial charge on any atom is 0.341 e. The molecule has 1 amide bonds. The zero-order valence-electron chi connectivity index (χ0n) is 11.6. The van der Waals surface area contributed by atoms with Crippen molar-refractivity contribution in [2.45, 2.75) is 39.2 Å². The molecule has 0 saturated carbocycles. The number of rotatable bonds is 3. The van der Waals surface area contributed by atoms with Gasteiger partial charge in [0.05, 0.1) is 0 Å². The van der Waals surface area contributed by atoms with Crippen molar-refractivity contribution in [2.75, 3.05) is 0 Å². The molecular weight excluding hydrogens is 264 g/mol. The minimum absolute atomic E-state index is 0.0996. The first-order valence-electron chi connectivity index (χ1n) is 6.07. The summed E-state index contributed by atoms with van der Waals surface area (Å²) in [4.78, 5) is 29.2. The molecule has 2 rings (SSSR count). The van der Waals surface area contributed by atoms with Crippen LogP contribution in [0.15, 0.2) is 9.32 Å². The lowest BCUT2D eigenvalue weighted by molar-refractivity contribution is 0.0922. The molecule has 9 nitrogen and oxygen atoms in total. The number of carbonyl (C=O) groups excluding carboxylic acids is 1. The van der Waals surface area contributed by atoms with E-state index in [9.17, 15) is 9.59 Å². The first-order valence-corrected chi connectivity index (χ1v) is 6.07. The Bertz CT molecular complexity index is 662. The lowest BCUT2D eigenvalue weighted by Gasteiger charge is -2.11. The highest BCUT2D eigenvalue weighted by atomic mass is 16.5. The molecule has 0 aliphatic heterocycles. The van der Waals surface area contributed by atoms with Gasteiger partial charge in [0.15, 0.2) is 5.82 Å². The van der Waals surface area contributed by atoms with E-state index in [4.69, 9.17) is 4.52 Å². The van der Waals surface area contributed by atoms with E-state index in [2.05, 4.69) is 30.6 Å². The summed E-state index contributed by atoms with van der Waals surface area (Å²) in [6, 6.07) is -0.494. The lowest BCUT2D eigenvalue weighted by Crippen LogP contribution is -2.28. The third-order valence-corrected chi connectivity index (χ3v) is 2.55. The molecule has 2 aromatic heterocycles. The Kier molecular flexibility index (Phi) is 3.43. The van der Waals surface area contributed by atoms with Gasteiger partial charge in [-0.2, -0.15) is 4.98 Å². The highest BCUT2D eigenvalue weighted by molar-refractivity contribution is 5.90. The van der Waals surface area contributed by atoms with Crippen molar-refractivity contribution in [3.63, 3.8) is 0 Å². The van der Waals surface area contributed by atoms with Crippen LogP contribution in [0.25, 0.3) is 0 Å². The monoisotopic (exact) mass is 280 g/mol. The quantitative estimate of drug-likeness (QED) is 0.739. The molecule has 1 atom stereocenters. The van der Waals surface area contributed by atoms with Crippen molar-refractivity contribution in [3.8, 4) is 0 Å². The summed E-state index contributed by atoms with van der Waals surface area (Å²) in [6.45, 7) is 7.57. The van der Waals surface area contributed by atoms with Gasteiger partial charge in [0.1, 0.15) is 6.04 Å². The van der Waals surface area contributed by atoms with Gasteiger partial charge in [-0.1, -0.05) is 25.9 Å². The number of hydrogen-bond acceptors (Lipinski definition) is 6. The second-order valence-corrected chi connectivity index (χ2v) is 5.43. The summed E-state index contributed by atoms with van der Waals surface area (Å²) < 4.78 is 5.12. The van der Waals surface area contributed by atoms with Crippen LogP contribution in [0.3, 0.4) is 0 Å². The Morgan fingerprint density at radius 2 is 2.10 bits per heavy atom. The molecule has 0 spiro atoms. The molecular formula is C11H16N6O3. The summed E-state index contributed by atoms with van der Waals surface area (Å²) >= 11 is 0. The average molecular weight is 280 g/mol. The third-order valence-electron chi connectivity index (χ3n) is 2.55. The normalized spacial score (nSPS) is 13.2. The van der Waals surface area contributed by atoms with Crippen molar-refractivity contribution in [1.82, 2.24) is 30.6 Å². The van der Waals surface area contributed by atoms with E-state index >= 15 is 0 Å². The number of amides is 1. The van der Waals surface area contributed by atoms with Crippen molar-refractivity contribution in [2.24, 2.45) is 0 Å².